The number of methoxy groups -OCH3 is 1. The predicted octanol–water partition coefficient (Wildman–Crippen LogP) is 3.80. The van der Waals surface area contributed by atoms with Crippen LogP contribution in [0.15, 0.2) is 40.8 Å². The number of rotatable bonds is 8. The van der Waals surface area contributed by atoms with Gasteiger partial charge in [-0.1, -0.05) is 6.07 Å². The van der Waals surface area contributed by atoms with Crippen LogP contribution in [-0.4, -0.2) is 39.4 Å². The normalized spacial score (nSPS) is 12.2. The van der Waals surface area contributed by atoms with Crippen molar-refractivity contribution in [3.63, 3.8) is 0 Å². The van der Waals surface area contributed by atoms with Crippen molar-refractivity contribution < 1.29 is 24.0 Å². The third-order valence-electron chi connectivity index (χ3n) is 5.06. The number of ether oxygens (including phenoxy) is 2. The lowest BCUT2D eigenvalue weighted by Gasteiger charge is -2.13. The lowest BCUT2D eigenvalue weighted by atomic mass is 10.1. The summed E-state index contributed by atoms with van der Waals surface area (Å²) in [7, 11) is 1.45. The van der Waals surface area contributed by atoms with Gasteiger partial charge in [0.15, 0.2) is 11.5 Å². The topological polar surface area (TPSA) is 138 Å². The van der Waals surface area contributed by atoms with Crippen LogP contribution in [0.3, 0.4) is 0 Å². The van der Waals surface area contributed by atoms with Crippen molar-refractivity contribution in [1.29, 1.82) is 0 Å². The highest BCUT2D eigenvalue weighted by molar-refractivity contribution is 7.12. The van der Waals surface area contributed by atoms with Crippen LogP contribution in [0.5, 0.6) is 11.5 Å². The molecule has 0 spiro atoms. The Labute approximate surface area is 199 Å². The minimum Gasteiger partial charge on any atom is -0.493 e. The van der Waals surface area contributed by atoms with Gasteiger partial charge in [-0.25, -0.2) is 10.2 Å². The SMILES string of the molecule is COc1cc(/C(C)=N/NC(=O)C(C)n2nc(C)c([N+](=O)[O-])c2C)ccc1OC(=O)c1cccs1. The summed E-state index contributed by atoms with van der Waals surface area (Å²) >= 11 is 1.27. The molecule has 1 aromatic carbocycles. The molecule has 1 unspecified atom stereocenters. The lowest BCUT2D eigenvalue weighted by molar-refractivity contribution is -0.386. The Balaban J connectivity index is 1.73. The minimum atomic E-state index is -0.822. The molecule has 0 bridgehead atoms. The van der Waals surface area contributed by atoms with E-state index in [2.05, 4.69) is 15.6 Å². The summed E-state index contributed by atoms with van der Waals surface area (Å²) in [5.41, 5.74) is 3.95. The molecule has 0 aliphatic rings. The van der Waals surface area contributed by atoms with Gasteiger partial charge in [0.25, 0.3) is 5.91 Å². The molecule has 2 aromatic heterocycles. The first-order valence-electron chi connectivity index (χ1n) is 10.1. The number of hydrogen-bond donors (Lipinski definition) is 1. The fraction of sp³-hybridized carbons (Fsp3) is 0.273. The number of hydrogen-bond acceptors (Lipinski definition) is 9. The number of carbonyl (C=O) groups is 2. The van der Waals surface area contributed by atoms with Gasteiger partial charge in [-0.3, -0.25) is 19.6 Å². The molecule has 2 heterocycles. The molecule has 34 heavy (non-hydrogen) atoms. The first-order valence-corrected chi connectivity index (χ1v) is 11.0. The van der Waals surface area contributed by atoms with Gasteiger partial charge in [0.2, 0.25) is 0 Å². The van der Waals surface area contributed by atoms with Gasteiger partial charge < -0.3 is 9.47 Å². The zero-order valence-corrected chi connectivity index (χ0v) is 20.0. The monoisotopic (exact) mass is 485 g/mol. The van der Waals surface area contributed by atoms with E-state index in [1.165, 1.54) is 37.0 Å². The van der Waals surface area contributed by atoms with Gasteiger partial charge in [0.05, 0.1) is 17.7 Å². The Morgan fingerprint density at radius 2 is 2.00 bits per heavy atom. The fourth-order valence-electron chi connectivity index (χ4n) is 3.23. The largest absolute Gasteiger partial charge is 0.493 e. The van der Waals surface area contributed by atoms with Crippen LogP contribution in [-0.2, 0) is 4.79 Å². The van der Waals surface area contributed by atoms with Gasteiger partial charge in [0.1, 0.15) is 22.3 Å². The van der Waals surface area contributed by atoms with Gasteiger partial charge in [0, 0.05) is 5.56 Å². The van der Waals surface area contributed by atoms with E-state index in [1.54, 1.807) is 49.6 Å². The molecule has 0 saturated heterocycles. The highest BCUT2D eigenvalue weighted by atomic mass is 32.1. The van der Waals surface area contributed by atoms with Crippen molar-refractivity contribution in [2.75, 3.05) is 7.11 Å². The maximum atomic E-state index is 12.6. The van der Waals surface area contributed by atoms with E-state index >= 15 is 0 Å². The van der Waals surface area contributed by atoms with Crippen LogP contribution in [0.4, 0.5) is 5.69 Å². The molecule has 3 rings (SSSR count). The molecule has 3 aromatic rings. The Hall–Kier alpha value is -4.06. The number of esters is 1. The van der Waals surface area contributed by atoms with Crippen molar-refractivity contribution >= 4 is 34.6 Å². The lowest BCUT2D eigenvalue weighted by Crippen LogP contribution is -2.29. The predicted molar refractivity (Wildman–Crippen MR) is 126 cm³/mol. The van der Waals surface area contributed by atoms with Gasteiger partial charge in [-0.05, 0) is 57.3 Å². The van der Waals surface area contributed by atoms with Crippen molar-refractivity contribution in [1.82, 2.24) is 15.2 Å². The number of nitrogens with one attached hydrogen (secondary N) is 1. The van der Waals surface area contributed by atoms with Crippen molar-refractivity contribution in [2.45, 2.75) is 33.7 Å². The third kappa shape index (κ3) is 5.12. The highest BCUT2D eigenvalue weighted by Gasteiger charge is 2.27. The van der Waals surface area contributed by atoms with Crippen LogP contribution in [0, 0.1) is 24.0 Å². The van der Waals surface area contributed by atoms with E-state index in [0.29, 0.717) is 21.9 Å². The van der Waals surface area contributed by atoms with E-state index in [-0.39, 0.29) is 22.8 Å². The molecular formula is C22H23N5O6S. The molecule has 0 fully saturated rings. The molecule has 0 radical (unpaired) electrons. The molecule has 0 saturated carbocycles. The van der Waals surface area contributed by atoms with Crippen LogP contribution in [0.1, 0.15) is 46.5 Å². The molecule has 11 nitrogen and oxygen atoms in total. The highest BCUT2D eigenvalue weighted by Crippen LogP contribution is 2.30. The van der Waals surface area contributed by atoms with Crippen LogP contribution < -0.4 is 14.9 Å². The third-order valence-corrected chi connectivity index (χ3v) is 5.91. The summed E-state index contributed by atoms with van der Waals surface area (Å²) in [6, 6.07) is 7.50. The standard InChI is InChI=1S/C22H23N5O6S/c1-12(23-24-21(28)15(4)26-14(3)20(27(30)31)13(2)25-26)16-8-9-17(18(11-16)32-5)33-22(29)19-7-6-10-34-19/h6-11,15H,1-5H3,(H,24,28)/b23-12+. The summed E-state index contributed by atoms with van der Waals surface area (Å²) in [6.45, 7) is 6.31. The van der Waals surface area contributed by atoms with Crippen molar-refractivity contribution in [3.05, 3.63) is 67.7 Å². The molecule has 1 amide bonds. The average molecular weight is 486 g/mol. The smallest absolute Gasteiger partial charge is 0.353 e. The van der Waals surface area contributed by atoms with Crippen molar-refractivity contribution in [2.24, 2.45) is 5.10 Å². The zero-order chi connectivity index (χ0) is 25.0. The zero-order valence-electron chi connectivity index (χ0n) is 19.2. The van der Waals surface area contributed by atoms with E-state index in [1.807, 2.05) is 0 Å². The molecule has 1 atom stereocenters. The van der Waals surface area contributed by atoms with Crippen LogP contribution in [0.25, 0.3) is 0 Å². The fourth-order valence-corrected chi connectivity index (χ4v) is 3.82. The maximum Gasteiger partial charge on any atom is 0.353 e. The van der Waals surface area contributed by atoms with E-state index in [4.69, 9.17) is 9.47 Å². The number of nitrogens with zero attached hydrogens (tertiary/aromatic N) is 4. The Morgan fingerprint density at radius 1 is 1.26 bits per heavy atom. The second-order valence-corrected chi connectivity index (χ2v) is 8.25. The summed E-state index contributed by atoms with van der Waals surface area (Å²) in [4.78, 5) is 36.0. The average Bonchev–Trinajstić information content (AvgIpc) is 3.44. The number of carbonyl (C=O) groups excluding carboxylic acids is 2. The second-order valence-electron chi connectivity index (χ2n) is 7.30. The number of amides is 1. The van der Waals surface area contributed by atoms with Gasteiger partial charge >= 0.3 is 11.7 Å². The first-order chi connectivity index (χ1) is 16.1. The molecule has 0 aliphatic carbocycles. The molecule has 0 aliphatic heterocycles. The van der Waals surface area contributed by atoms with E-state index < -0.39 is 22.8 Å². The Bertz CT molecular complexity index is 1270. The van der Waals surface area contributed by atoms with Crippen LogP contribution in [0.2, 0.25) is 0 Å². The Kier molecular flexibility index (Phi) is 7.41. The maximum absolute atomic E-state index is 12.6. The van der Waals surface area contributed by atoms with Crippen molar-refractivity contribution in [3.8, 4) is 11.5 Å². The van der Waals surface area contributed by atoms with E-state index in [9.17, 15) is 19.7 Å². The minimum absolute atomic E-state index is 0.119. The van der Waals surface area contributed by atoms with Gasteiger partial charge in [-0.2, -0.15) is 10.2 Å². The summed E-state index contributed by atoms with van der Waals surface area (Å²) in [6.07, 6.45) is 0. The summed E-state index contributed by atoms with van der Waals surface area (Å²) in [5.74, 6) is -0.404. The number of hydrazone groups is 1. The first kappa shape index (κ1) is 24.6. The quantitative estimate of drug-likeness (QED) is 0.168. The van der Waals surface area contributed by atoms with E-state index in [0.717, 1.165) is 0 Å². The molecule has 178 valence electrons. The molecule has 1 N–H and O–H groups in total. The second kappa shape index (κ2) is 10.3. The Morgan fingerprint density at radius 3 is 2.59 bits per heavy atom. The molecular weight excluding hydrogens is 462 g/mol. The summed E-state index contributed by atoms with van der Waals surface area (Å²) in [5, 5.41) is 21.2. The number of thiophene rings is 1. The number of nitro groups is 1. The number of aryl methyl sites for hydroxylation is 1. The summed E-state index contributed by atoms with van der Waals surface area (Å²) < 4.78 is 12.1. The number of benzene rings is 1. The molecule has 12 heteroatoms. The number of aromatic nitrogens is 2. The van der Waals surface area contributed by atoms with Crippen LogP contribution >= 0.6 is 11.3 Å². The van der Waals surface area contributed by atoms with Gasteiger partial charge in [-0.15, -0.1) is 11.3 Å².